The van der Waals surface area contributed by atoms with Crippen LogP contribution in [0.5, 0.6) is 5.75 Å². The quantitative estimate of drug-likeness (QED) is 0.829. The Balaban J connectivity index is 1.83. The lowest BCUT2D eigenvalue weighted by molar-refractivity contribution is 0.244. The van der Waals surface area contributed by atoms with E-state index in [4.69, 9.17) is 4.74 Å². The SMILES string of the molecule is N#CC1(CCOc2ccc(Br)cc2)CCCC1. The Kier molecular flexibility index (Phi) is 4.06. The Hall–Kier alpha value is -1.01. The van der Waals surface area contributed by atoms with Gasteiger partial charge in [-0.05, 0) is 37.1 Å². The van der Waals surface area contributed by atoms with Crippen molar-refractivity contribution in [3.05, 3.63) is 28.7 Å². The van der Waals surface area contributed by atoms with E-state index in [2.05, 4.69) is 22.0 Å². The summed E-state index contributed by atoms with van der Waals surface area (Å²) >= 11 is 3.39. The number of hydrogen-bond donors (Lipinski definition) is 0. The first-order valence-corrected chi connectivity index (χ1v) is 6.83. The number of ether oxygens (including phenoxy) is 1. The third kappa shape index (κ3) is 3.23. The summed E-state index contributed by atoms with van der Waals surface area (Å²) in [5.41, 5.74) is -0.116. The van der Waals surface area contributed by atoms with Crippen LogP contribution in [0.2, 0.25) is 0 Å². The Morgan fingerprint density at radius 3 is 2.47 bits per heavy atom. The van der Waals surface area contributed by atoms with E-state index in [1.54, 1.807) is 0 Å². The Morgan fingerprint density at radius 2 is 1.88 bits per heavy atom. The summed E-state index contributed by atoms with van der Waals surface area (Å²) in [4.78, 5) is 0. The predicted octanol–water partition coefficient (Wildman–Crippen LogP) is 4.30. The minimum Gasteiger partial charge on any atom is -0.494 e. The van der Waals surface area contributed by atoms with E-state index in [0.29, 0.717) is 6.61 Å². The van der Waals surface area contributed by atoms with Crippen LogP contribution in [0.4, 0.5) is 0 Å². The summed E-state index contributed by atoms with van der Waals surface area (Å²) in [5, 5.41) is 9.24. The fourth-order valence-corrected chi connectivity index (χ4v) is 2.63. The summed E-state index contributed by atoms with van der Waals surface area (Å²) in [7, 11) is 0. The van der Waals surface area contributed by atoms with Crippen LogP contribution >= 0.6 is 15.9 Å². The Labute approximate surface area is 111 Å². The minimum absolute atomic E-state index is 0.116. The molecule has 2 rings (SSSR count). The van der Waals surface area contributed by atoms with Crippen molar-refractivity contribution < 1.29 is 4.74 Å². The minimum atomic E-state index is -0.116. The normalized spacial score (nSPS) is 17.6. The first-order chi connectivity index (χ1) is 8.24. The van der Waals surface area contributed by atoms with E-state index in [1.165, 1.54) is 12.8 Å². The monoisotopic (exact) mass is 293 g/mol. The molecule has 0 saturated heterocycles. The maximum absolute atomic E-state index is 9.24. The Bertz CT molecular complexity index is 401. The maximum Gasteiger partial charge on any atom is 0.119 e. The molecule has 2 nitrogen and oxygen atoms in total. The van der Waals surface area contributed by atoms with E-state index in [9.17, 15) is 5.26 Å². The Morgan fingerprint density at radius 1 is 1.24 bits per heavy atom. The van der Waals surface area contributed by atoms with Crippen LogP contribution < -0.4 is 4.74 Å². The van der Waals surface area contributed by atoms with Gasteiger partial charge in [0.05, 0.1) is 18.1 Å². The van der Waals surface area contributed by atoms with Crippen molar-refractivity contribution in [2.45, 2.75) is 32.1 Å². The summed E-state index contributed by atoms with van der Waals surface area (Å²) in [6, 6.07) is 10.3. The molecule has 1 aromatic carbocycles. The van der Waals surface area contributed by atoms with Crippen LogP contribution in [0.25, 0.3) is 0 Å². The van der Waals surface area contributed by atoms with Crippen LogP contribution in [-0.4, -0.2) is 6.61 Å². The van der Waals surface area contributed by atoms with Gasteiger partial charge in [-0.1, -0.05) is 28.8 Å². The second-order valence-electron chi connectivity index (χ2n) is 4.65. The maximum atomic E-state index is 9.24. The standard InChI is InChI=1S/C14H16BrNO/c15-12-3-5-13(6-4-12)17-10-9-14(11-16)7-1-2-8-14/h3-6H,1-2,7-10H2. The number of nitriles is 1. The molecule has 0 amide bonds. The molecule has 17 heavy (non-hydrogen) atoms. The fraction of sp³-hybridized carbons (Fsp3) is 0.500. The van der Waals surface area contributed by atoms with Gasteiger partial charge in [0.15, 0.2) is 0 Å². The van der Waals surface area contributed by atoms with E-state index < -0.39 is 0 Å². The van der Waals surface area contributed by atoms with Gasteiger partial charge in [0.1, 0.15) is 5.75 Å². The number of rotatable bonds is 4. The second-order valence-corrected chi connectivity index (χ2v) is 5.57. The van der Waals surface area contributed by atoms with Crippen LogP contribution in [0.3, 0.4) is 0 Å². The largest absolute Gasteiger partial charge is 0.494 e. The highest BCUT2D eigenvalue weighted by Crippen LogP contribution is 2.40. The van der Waals surface area contributed by atoms with E-state index >= 15 is 0 Å². The third-order valence-corrected chi connectivity index (χ3v) is 3.99. The van der Waals surface area contributed by atoms with Gasteiger partial charge in [-0.25, -0.2) is 0 Å². The number of benzene rings is 1. The van der Waals surface area contributed by atoms with E-state index in [-0.39, 0.29) is 5.41 Å². The van der Waals surface area contributed by atoms with Gasteiger partial charge in [0.25, 0.3) is 0 Å². The molecule has 90 valence electrons. The second kappa shape index (κ2) is 5.55. The summed E-state index contributed by atoms with van der Waals surface area (Å²) in [5.74, 6) is 0.874. The first kappa shape index (κ1) is 12.4. The average molecular weight is 294 g/mol. The molecule has 0 unspecified atom stereocenters. The van der Waals surface area contributed by atoms with Gasteiger partial charge in [-0.15, -0.1) is 0 Å². The van der Waals surface area contributed by atoms with E-state index in [1.807, 2.05) is 24.3 Å². The molecule has 0 atom stereocenters. The number of halogens is 1. The van der Waals surface area contributed by atoms with Crippen LogP contribution in [0, 0.1) is 16.7 Å². The molecule has 3 heteroatoms. The van der Waals surface area contributed by atoms with Crippen molar-refractivity contribution in [3.8, 4) is 11.8 Å². The topological polar surface area (TPSA) is 33.0 Å². The van der Waals surface area contributed by atoms with E-state index in [0.717, 1.165) is 29.5 Å². The summed E-state index contributed by atoms with van der Waals surface area (Å²) in [6.07, 6.45) is 5.29. The zero-order valence-corrected chi connectivity index (χ0v) is 11.4. The molecule has 0 N–H and O–H groups in total. The molecule has 0 aromatic heterocycles. The molecular formula is C14H16BrNO. The molecule has 0 bridgehead atoms. The molecule has 1 aliphatic carbocycles. The average Bonchev–Trinajstić information content (AvgIpc) is 2.81. The lowest BCUT2D eigenvalue weighted by Gasteiger charge is -2.19. The molecule has 0 spiro atoms. The van der Waals surface area contributed by atoms with Crippen molar-refractivity contribution in [1.29, 1.82) is 5.26 Å². The van der Waals surface area contributed by atoms with Crippen molar-refractivity contribution in [3.63, 3.8) is 0 Å². The molecule has 1 fully saturated rings. The van der Waals surface area contributed by atoms with Crippen molar-refractivity contribution in [1.82, 2.24) is 0 Å². The van der Waals surface area contributed by atoms with Crippen molar-refractivity contribution in [2.24, 2.45) is 5.41 Å². The lowest BCUT2D eigenvalue weighted by Crippen LogP contribution is -2.17. The van der Waals surface area contributed by atoms with Gasteiger partial charge >= 0.3 is 0 Å². The molecule has 1 aromatic rings. The molecule has 1 saturated carbocycles. The summed E-state index contributed by atoms with van der Waals surface area (Å²) in [6.45, 7) is 0.634. The molecular weight excluding hydrogens is 278 g/mol. The molecule has 0 aliphatic heterocycles. The highest BCUT2D eigenvalue weighted by Gasteiger charge is 2.33. The van der Waals surface area contributed by atoms with Crippen molar-refractivity contribution in [2.75, 3.05) is 6.61 Å². The fourth-order valence-electron chi connectivity index (χ4n) is 2.36. The first-order valence-electron chi connectivity index (χ1n) is 6.04. The number of hydrogen-bond acceptors (Lipinski definition) is 2. The van der Waals surface area contributed by atoms with Gasteiger partial charge in [0, 0.05) is 10.9 Å². The van der Waals surface area contributed by atoms with Crippen molar-refractivity contribution >= 4 is 15.9 Å². The van der Waals surface area contributed by atoms with Gasteiger partial charge in [-0.2, -0.15) is 5.26 Å². The van der Waals surface area contributed by atoms with Crippen LogP contribution in [-0.2, 0) is 0 Å². The zero-order chi connectivity index (χ0) is 12.1. The summed E-state index contributed by atoms with van der Waals surface area (Å²) < 4.78 is 6.73. The van der Waals surface area contributed by atoms with Gasteiger partial charge < -0.3 is 4.74 Å². The zero-order valence-electron chi connectivity index (χ0n) is 9.79. The third-order valence-electron chi connectivity index (χ3n) is 3.46. The van der Waals surface area contributed by atoms with Gasteiger partial charge in [0.2, 0.25) is 0 Å². The van der Waals surface area contributed by atoms with Gasteiger partial charge in [-0.3, -0.25) is 0 Å². The smallest absolute Gasteiger partial charge is 0.119 e. The van der Waals surface area contributed by atoms with Crippen LogP contribution in [0.1, 0.15) is 32.1 Å². The predicted molar refractivity (Wildman–Crippen MR) is 70.8 cm³/mol. The van der Waals surface area contributed by atoms with Crippen LogP contribution in [0.15, 0.2) is 28.7 Å². The highest BCUT2D eigenvalue weighted by atomic mass is 79.9. The highest BCUT2D eigenvalue weighted by molar-refractivity contribution is 9.10. The molecule has 1 aliphatic rings. The molecule has 0 radical (unpaired) electrons. The lowest BCUT2D eigenvalue weighted by atomic mass is 9.85. The molecule has 0 heterocycles. The number of nitrogens with zero attached hydrogens (tertiary/aromatic N) is 1.